The van der Waals surface area contributed by atoms with Crippen molar-refractivity contribution in [3.05, 3.63) is 42.6 Å². The van der Waals surface area contributed by atoms with E-state index in [4.69, 9.17) is 16.5 Å². The van der Waals surface area contributed by atoms with Crippen LogP contribution < -0.4 is 16.8 Å². The standard InChI is InChI=1S/C19H23N7O/c20-14-3-1-12(2-4-14)9-23-18-19-25-16(17(21)27)11-26(19)10-15(24-18)13-5-7-22-8-6-13/h5-8,10-12,14H,1-4,9,20H2,(H2,21,27)(H,23,24). The van der Waals surface area contributed by atoms with Crippen molar-refractivity contribution in [3.63, 3.8) is 0 Å². The molecule has 5 N–H and O–H groups in total. The van der Waals surface area contributed by atoms with Gasteiger partial charge in [0.2, 0.25) is 0 Å². The number of nitrogens with zero attached hydrogens (tertiary/aromatic N) is 4. The van der Waals surface area contributed by atoms with E-state index < -0.39 is 5.91 Å². The largest absolute Gasteiger partial charge is 0.367 e. The molecule has 0 aromatic carbocycles. The van der Waals surface area contributed by atoms with Crippen LogP contribution in [0.2, 0.25) is 0 Å². The number of carbonyl (C=O) groups excluding carboxylic acids is 1. The number of amides is 1. The second-order valence-corrected chi connectivity index (χ2v) is 7.09. The number of primary amides is 1. The fraction of sp³-hybridized carbons (Fsp3) is 0.368. The molecule has 8 heteroatoms. The van der Waals surface area contributed by atoms with E-state index in [1.807, 2.05) is 18.3 Å². The van der Waals surface area contributed by atoms with Crippen LogP contribution in [0.25, 0.3) is 16.9 Å². The Morgan fingerprint density at radius 2 is 1.89 bits per heavy atom. The number of nitrogens with one attached hydrogen (secondary N) is 1. The van der Waals surface area contributed by atoms with Gasteiger partial charge in [-0.3, -0.25) is 9.78 Å². The van der Waals surface area contributed by atoms with Crippen LogP contribution in [0.3, 0.4) is 0 Å². The van der Waals surface area contributed by atoms with Crippen LogP contribution in [-0.4, -0.2) is 37.8 Å². The zero-order valence-corrected chi connectivity index (χ0v) is 15.0. The van der Waals surface area contributed by atoms with E-state index in [9.17, 15) is 4.79 Å². The molecule has 1 saturated carbocycles. The Bertz CT molecular complexity index is 945. The van der Waals surface area contributed by atoms with Gasteiger partial charge in [-0.15, -0.1) is 0 Å². The van der Waals surface area contributed by atoms with Crippen LogP contribution in [-0.2, 0) is 0 Å². The summed E-state index contributed by atoms with van der Waals surface area (Å²) >= 11 is 0. The first kappa shape index (κ1) is 17.4. The minimum absolute atomic E-state index is 0.218. The van der Waals surface area contributed by atoms with Crippen LogP contribution in [0, 0.1) is 5.92 Å². The fourth-order valence-corrected chi connectivity index (χ4v) is 3.53. The van der Waals surface area contributed by atoms with Crippen molar-refractivity contribution in [2.45, 2.75) is 31.7 Å². The number of pyridine rings is 1. The highest BCUT2D eigenvalue weighted by molar-refractivity contribution is 5.92. The normalized spacial score (nSPS) is 19.9. The first-order valence-electron chi connectivity index (χ1n) is 9.19. The van der Waals surface area contributed by atoms with Crippen LogP contribution in [0.4, 0.5) is 5.82 Å². The number of carbonyl (C=O) groups is 1. The molecular formula is C19H23N7O. The average molecular weight is 365 g/mol. The van der Waals surface area contributed by atoms with E-state index in [-0.39, 0.29) is 5.69 Å². The second-order valence-electron chi connectivity index (χ2n) is 7.09. The summed E-state index contributed by atoms with van der Waals surface area (Å²) in [6, 6.07) is 4.12. The predicted octanol–water partition coefficient (Wildman–Crippen LogP) is 1.82. The number of hydrogen-bond donors (Lipinski definition) is 3. The lowest BCUT2D eigenvalue weighted by molar-refractivity contribution is 0.0996. The lowest BCUT2D eigenvalue weighted by atomic mass is 9.86. The van der Waals surface area contributed by atoms with Gasteiger partial charge in [-0.1, -0.05) is 0 Å². The maximum Gasteiger partial charge on any atom is 0.268 e. The molecule has 1 amide bonds. The highest BCUT2D eigenvalue weighted by atomic mass is 16.1. The Morgan fingerprint density at radius 1 is 1.15 bits per heavy atom. The van der Waals surface area contributed by atoms with Crippen molar-refractivity contribution in [1.82, 2.24) is 19.4 Å². The van der Waals surface area contributed by atoms with Gasteiger partial charge < -0.3 is 21.2 Å². The van der Waals surface area contributed by atoms with Gasteiger partial charge in [-0.2, -0.15) is 0 Å². The molecule has 0 atom stereocenters. The molecule has 1 aliphatic rings. The Morgan fingerprint density at radius 3 is 2.59 bits per heavy atom. The smallest absolute Gasteiger partial charge is 0.268 e. The maximum atomic E-state index is 11.6. The zero-order chi connectivity index (χ0) is 18.8. The Hall–Kier alpha value is -3.00. The molecule has 140 valence electrons. The van der Waals surface area contributed by atoms with Gasteiger partial charge in [0, 0.05) is 42.9 Å². The number of nitrogens with two attached hydrogens (primary N) is 2. The SMILES string of the molecule is NC(=O)c1cn2cc(-c3ccncc3)nc(NCC3CCC(N)CC3)c2n1. The van der Waals surface area contributed by atoms with Gasteiger partial charge in [0.05, 0.1) is 5.69 Å². The first-order chi connectivity index (χ1) is 13.1. The fourth-order valence-electron chi connectivity index (χ4n) is 3.53. The number of fused-ring (bicyclic) bond motifs is 1. The second kappa shape index (κ2) is 7.32. The molecule has 8 nitrogen and oxygen atoms in total. The first-order valence-corrected chi connectivity index (χ1v) is 9.19. The summed E-state index contributed by atoms with van der Waals surface area (Å²) in [4.78, 5) is 24.7. The molecular weight excluding hydrogens is 342 g/mol. The predicted molar refractivity (Wildman–Crippen MR) is 103 cm³/mol. The minimum atomic E-state index is -0.559. The van der Waals surface area contributed by atoms with Crippen LogP contribution in [0.15, 0.2) is 36.9 Å². The van der Waals surface area contributed by atoms with E-state index in [1.54, 1.807) is 23.0 Å². The number of aromatic nitrogens is 4. The summed E-state index contributed by atoms with van der Waals surface area (Å²) in [5, 5.41) is 3.43. The molecule has 4 rings (SSSR count). The van der Waals surface area contributed by atoms with Crippen molar-refractivity contribution in [2.75, 3.05) is 11.9 Å². The summed E-state index contributed by atoms with van der Waals surface area (Å²) in [5.41, 5.74) is 13.9. The van der Waals surface area contributed by atoms with Crippen molar-refractivity contribution >= 4 is 17.4 Å². The highest BCUT2D eigenvalue weighted by Gasteiger charge is 2.20. The summed E-state index contributed by atoms with van der Waals surface area (Å²) in [5.74, 6) is 0.643. The molecule has 0 spiro atoms. The van der Waals surface area contributed by atoms with Crippen LogP contribution in [0.5, 0.6) is 0 Å². The quantitative estimate of drug-likeness (QED) is 0.633. The molecule has 0 radical (unpaired) electrons. The third kappa shape index (κ3) is 3.75. The third-order valence-corrected chi connectivity index (χ3v) is 5.12. The Balaban J connectivity index is 1.67. The van der Waals surface area contributed by atoms with Crippen molar-refractivity contribution in [3.8, 4) is 11.3 Å². The number of rotatable bonds is 5. The third-order valence-electron chi connectivity index (χ3n) is 5.12. The monoisotopic (exact) mass is 365 g/mol. The maximum absolute atomic E-state index is 11.6. The molecule has 3 aromatic rings. The van der Waals surface area contributed by atoms with Gasteiger partial charge >= 0.3 is 0 Å². The van der Waals surface area contributed by atoms with Crippen LogP contribution >= 0.6 is 0 Å². The van der Waals surface area contributed by atoms with E-state index in [0.717, 1.165) is 43.5 Å². The van der Waals surface area contributed by atoms with E-state index >= 15 is 0 Å². The summed E-state index contributed by atoms with van der Waals surface area (Å²) < 4.78 is 1.79. The molecule has 0 saturated heterocycles. The Kier molecular flexibility index (Phi) is 4.72. The number of imidazole rings is 1. The Labute approximate surface area is 157 Å². The number of anilines is 1. The van der Waals surface area contributed by atoms with Gasteiger partial charge in [0.25, 0.3) is 5.91 Å². The molecule has 0 unspecified atom stereocenters. The summed E-state index contributed by atoms with van der Waals surface area (Å²) in [6.07, 6.45) is 11.3. The van der Waals surface area contributed by atoms with Crippen molar-refractivity contribution in [2.24, 2.45) is 17.4 Å². The van der Waals surface area contributed by atoms with E-state index in [0.29, 0.717) is 23.4 Å². The van der Waals surface area contributed by atoms with Gasteiger partial charge in [0.15, 0.2) is 11.5 Å². The number of hydrogen-bond acceptors (Lipinski definition) is 6. The summed E-state index contributed by atoms with van der Waals surface area (Å²) in [6.45, 7) is 0.800. The molecule has 27 heavy (non-hydrogen) atoms. The van der Waals surface area contributed by atoms with Crippen molar-refractivity contribution in [1.29, 1.82) is 0 Å². The van der Waals surface area contributed by atoms with Gasteiger partial charge in [-0.25, -0.2) is 9.97 Å². The molecule has 0 aliphatic heterocycles. The highest BCUT2D eigenvalue weighted by Crippen LogP contribution is 2.26. The molecule has 3 aromatic heterocycles. The van der Waals surface area contributed by atoms with E-state index in [2.05, 4.69) is 15.3 Å². The lowest BCUT2D eigenvalue weighted by Gasteiger charge is -2.26. The molecule has 1 aliphatic carbocycles. The summed E-state index contributed by atoms with van der Waals surface area (Å²) in [7, 11) is 0. The van der Waals surface area contributed by atoms with Gasteiger partial charge in [0.1, 0.15) is 5.69 Å². The minimum Gasteiger partial charge on any atom is -0.367 e. The molecule has 0 bridgehead atoms. The van der Waals surface area contributed by atoms with Crippen molar-refractivity contribution < 1.29 is 4.79 Å². The molecule has 1 fully saturated rings. The van der Waals surface area contributed by atoms with Crippen LogP contribution in [0.1, 0.15) is 36.2 Å². The topological polar surface area (TPSA) is 124 Å². The van der Waals surface area contributed by atoms with E-state index in [1.165, 1.54) is 0 Å². The average Bonchev–Trinajstić information content (AvgIpc) is 3.13. The molecule has 3 heterocycles. The lowest BCUT2D eigenvalue weighted by Crippen LogP contribution is -2.29. The zero-order valence-electron chi connectivity index (χ0n) is 15.0. The van der Waals surface area contributed by atoms with Gasteiger partial charge in [-0.05, 0) is 43.7 Å².